The van der Waals surface area contributed by atoms with Crippen LogP contribution in [-0.4, -0.2) is 18.3 Å². The number of rotatable bonds is 4. The smallest absolute Gasteiger partial charge is 0.365 e. The number of nitriles is 1. The van der Waals surface area contributed by atoms with Crippen LogP contribution in [0.2, 0.25) is 0 Å². The molecule has 3 rings (SSSR count). The first-order valence-electron chi connectivity index (χ1n) is 7.29. The Bertz CT molecular complexity index is 822. The molecule has 1 aliphatic rings. The third-order valence-electron chi connectivity index (χ3n) is 3.92. The minimum atomic E-state index is -1.33. The van der Waals surface area contributed by atoms with Gasteiger partial charge in [0, 0.05) is 5.56 Å². The van der Waals surface area contributed by atoms with Crippen molar-refractivity contribution < 1.29 is 14.4 Å². The predicted octanol–water partition coefficient (Wildman–Crippen LogP) is 3.35. The lowest BCUT2D eigenvalue weighted by molar-refractivity contribution is -0.567. The van der Waals surface area contributed by atoms with Crippen molar-refractivity contribution in [2.75, 3.05) is 7.11 Å². The Morgan fingerprint density at radius 2 is 1.83 bits per heavy atom. The molecule has 0 aliphatic carbocycles. The molecule has 0 fully saturated rings. The van der Waals surface area contributed by atoms with Gasteiger partial charge in [0.15, 0.2) is 0 Å². The van der Waals surface area contributed by atoms with Crippen molar-refractivity contribution in [2.24, 2.45) is 0 Å². The topological polar surface area (TPSA) is 85.4 Å². The van der Waals surface area contributed by atoms with Crippen LogP contribution < -0.4 is 4.74 Å². The van der Waals surface area contributed by atoms with E-state index in [0.717, 1.165) is 0 Å². The average Bonchev–Trinajstić information content (AvgIpc) is 3.02. The highest BCUT2D eigenvalue weighted by molar-refractivity contribution is 5.71. The number of ether oxygens (including phenoxy) is 2. The van der Waals surface area contributed by atoms with Gasteiger partial charge in [-0.05, 0) is 17.7 Å². The van der Waals surface area contributed by atoms with E-state index in [9.17, 15) is 15.4 Å². The molecule has 24 heavy (non-hydrogen) atoms. The Morgan fingerprint density at radius 3 is 2.38 bits per heavy atom. The molecule has 0 saturated carbocycles. The largest absolute Gasteiger partial charge is 0.497 e. The number of hydrogen-bond acceptors (Lipinski definition) is 5. The summed E-state index contributed by atoms with van der Waals surface area (Å²) in [7, 11) is 1.54. The van der Waals surface area contributed by atoms with Crippen molar-refractivity contribution >= 4 is 5.76 Å². The molecule has 0 aromatic heterocycles. The lowest BCUT2D eigenvalue weighted by atomic mass is 9.90. The van der Waals surface area contributed by atoms with Crippen molar-refractivity contribution in [3.63, 3.8) is 0 Å². The van der Waals surface area contributed by atoms with Crippen LogP contribution in [0.4, 0.5) is 0 Å². The second-order valence-corrected chi connectivity index (χ2v) is 5.27. The molecule has 1 aliphatic heterocycles. The van der Waals surface area contributed by atoms with Gasteiger partial charge in [-0.2, -0.15) is 5.26 Å². The van der Waals surface area contributed by atoms with E-state index in [-0.39, 0.29) is 11.3 Å². The van der Waals surface area contributed by atoms with Gasteiger partial charge in [0.05, 0.1) is 23.7 Å². The van der Waals surface area contributed by atoms with E-state index in [0.29, 0.717) is 16.9 Å². The molecule has 0 saturated heterocycles. The Labute approximate surface area is 138 Å². The summed E-state index contributed by atoms with van der Waals surface area (Å²) in [6, 6.07) is 17.9. The summed E-state index contributed by atoms with van der Waals surface area (Å²) in [5.74, 6) is 0.146. The second-order valence-electron chi connectivity index (χ2n) is 5.27. The highest BCUT2D eigenvalue weighted by Gasteiger charge is 2.46. The lowest BCUT2D eigenvalue weighted by Crippen LogP contribution is -2.26. The maximum absolute atomic E-state index is 11.5. The number of methoxy groups -OCH3 is 1. The van der Waals surface area contributed by atoms with Crippen molar-refractivity contribution in [1.82, 2.24) is 0 Å². The van der Waals surface area contributed by atoms with Crippen LogP contribution in [-0.2, 0) is 4.74 Å². The maximum Gasteiger partial charge on any atom is 0.365 e. The Hall–Kier alpha value is -3.33. The van der Waals surface area contributed by atoms with E-state index in [1.807, 2.05) is 6.07 Å². The van der Waals surface area contributed by atoms with Gasteiger partial charge in [-0.15, -0.1) is 0 Å². The molecule has 0 spiro atoms. The zero-order valence-electron chi connectivity index (χ0n) is 12.9. The molecule has 0 bridgehead atoms. The summed E-state index contributed by atoms with van der Waals surface area (Å²) in [6.07, 6.45) is -1.33. The first-order chi connectivity index (χ1) is 11.7. The fourth-order valence-corrected chi connectivity index (χ4v) is 2.78. The number of benzene rings is 2. The fourth-order valence-electron chi connectivity index (χ4n) is 2.78. The van der Waals surface area contributed by atoms with Crippen LogP contribution >= 0.6 is 0 Å². The van der Waals surface area contributed by atoms with Gasteiger partial charge in [0.1, 0.15) is 17.4 Å². The summed E-state index contributed by atoms with van der Waals surface area (Å²) in [4.78, 5) is 11.0. The molecule has 0 unspecified atom stereocenters. The van der Waals surface area contributed by atoms with Gasteiger partial charge in [-0.25, -0.2) is 0 Å². The van der Waals surface area contributed by atoms with Gasteiger partial charge >= 0.3 is 6.23 Å². The molecule has 120 valence electrons. The van der Waals surface area contributed by atoms with Gasteiger partial charge in [0.2, 0.25) is 0 Å². The average molecular weight is 322 g/mol. The molecule has 0 amide bonds. The SMILES string of the molecule is COc1ccc([C@H]2C(C#N)=C(c3ccccc3)O[C@@H]2[N+](=O)[O-])cc1. The molecule has 2 atom stereocenters. The fraction of sp³-hybridized carbons (Fsp3) is 0.167. The van der Waals surface area contributed by atoms with E-state index in [1.165, 1.54) is 0 Å². The van der Waals surface area contributed by atoms with E-state index in [1.54, 1.807) is 55.6 Å². The first-order valence-corrected chi connectivity index (χ1v) is 7.29. The summed E-state index contributed by atoms with van der Waals surface area (Å²) in [6.45, 7) is 0. The number of nitrogens with zero attached hydrogens (tertiary/aromatic N) is 2. The Balaban J connectivity index is 2.10. The van der Waals surface area contributed by atoms with Crippen molar-refractivity contribution in [3.8, 4) is 11.8 Å². The molecule has 2 aromatic carbocycles. The van der Waals surface area contributed by atoms with Crippen LogP contribution in [0.15, 0.2) is 60.2 Å². The second kappa shape index (κ2) is 6.42. The van der Waals surface area contributed by atoms with Crippen LogP contribution in [0.1, 0.15) is 17.0 Å². The van der Waals surface area contributed by atoms with Gasteiger partial charge < -0.3 is 9.47 Å². The highest BCUT2D eigenvalue weighted by atomic mass is 16.7. The van der Waals surface area contributed by atoms with Gasteiger partial charge in [0.25, 0.3) is 0 Å². The maximum atomic E-state index is 11.5. The lowest BCUT2D eigenvalue weighted by Gasteiger charge is -2.13. The van der Waals surface area contributed by atoms with Crippen molar-refractivity contribution in [3.05, 3.63) is 81.4 Å². The molecule has 0 N–H and O–H groups in total. The predicted molar refractivity (Wildman–Crippen MR) is 86.6 cm³/mol. The van der Waals surface area contributed by atoms with Crippen LogP contribution in [0.3, 0.4) is 0 Å². The Kier molecular flexibility index (Phi) is 4.17. The quantitative estimate of drug-likeness (QED) is 0.636. The van der Waals surface area contributed by atoms with Crippen LogP contribution in [0.25, 0.3) is 5.76 Å². The molecule has 0 radical (unpaired) electrons. The van der Waals surface area contributed by atoms with Crippen LogP contribution in [0, 0.1) is 21.4 Å². The van der Waals surface area contributed by atoms with E-state index >= 15 is 0 Å². The normalized spacial score (nSPS) is 19.5. The highest BCUT2D eigenvalue weighted by Crippen LogP contribution is 2.43. The van der Waals surface area contributed by atoms with Gasteiger partial charge in [-0.1, -0.05) is 42.5 Å². The molecule has 1 heterocycles. The number of nitro groups is 1. The third kappa shape index (κ3) is 2.68. The monoisotopic (exact) mass is 322 g/mol. The molecule has 6 nitrogen and oxygen atoms in total. The zero-order chi connectivity index (χ0) is 17.1. The zero-order valence-corrected chi connectivity index (χ0v) is 12.9. The van der Waals surface area contributed by atoms with E-state index in [4.69, 9.17) is 9.47 Å². The standard InChI is InChI=1S/C18H14N2O4/c1-23-14-9-7-12(8-10-14)16-15(11-19)17(24-18(16)20(21)22)13-5-3-2-4-6-13/h2-10,16,18H,1H3/t16-,18-/m0/s1. The summed E-state index contributed by atoms with van der Waals surface area (Å²) >= 11 is 0. The van der Waals surface area contributed by atoms with Crippen molar-refractivity contribution in [2.45, 2.75) is 12.1 Å². The molecular weight excluding hydrogens is 308 g/mol. The van der Waals surface area contributed by atoms with Gasteiger partial charge in [-0.3, -0.25) is 10.1 Å². The summed E-state index contributed by atoms with van der Waals surface area (Å²) < 4.78 is 10.7. The first kappa shape index (κ1) is 15.6. The summed E-state index contributed by atoms with van der Waals surface area (Å²) in [5.41, 5.74) is 1.55. The minimum absolute atomic E-state index is 0.257. The molecule has 6 heteroatoms. The number of hydrogen-bond donors (Lipinski definition) is 0. The van der Waals surface area contributed by atoms with Crippen molar-refractivity contribution in [1.29, 1.82) is 5.26 Å². The summed E-state index contributed by atoms with van der Waals surface area (Å²) in [5, 5.41) is 21.1. The molecular formula is C18H14N2O4. The molecule has 2 aromatic rings. The van der Waals surface area contributed by atoms with Crippen LogP contribution in [0.5, 0.6) is 5.75 Å². The minimum Gasteiger partial charge on any atom is -0.497 e. The van der Waals surface area contributed by atoms with E-state index in [2.05, 4.69) is 6.07 Å². The van der Waals surface area contributed by atoms with E-state index < -0.39 is 17.1 Å². The Morgan fingerprint density at radius 1 is 1.17 bits per heavy atom. The third-order valence-corrected chi connectivity index (χ3v) is 3.92.